The molecule has 10 nitrogen and oxygen atoms in total. The molecule has 0 saturated heterocycles. The standard InChI is InChI=1S/ClHO4.La.6H2O/c2-1(3,4)5;;;;;;;/h(H,2,3,4,5);;6*1H2. The van der Waals surface area contributed by atoms with Crippen molar-refractivity contribution in [2.24, 2.45) is 0 Å². The zero-order valence-electron chi connectivity index (χ0n) is 5.63. The zero-order valence-corrected chi connectivity index (χ0v) is 10.0. The van der Waals surface area contributed by atoms with Crippen LogP contribution in [-0.4, -0.2) is 37.5 Å². The summed E-state index contributed by atoms with van der Waals surface area (Å²) in [7, 11) is -4.69. The van der Waals surface area contributed by atoms with E-state index in [-0.39, 0.29) is 68.5 Å². The van der Waals surface area contributed by atoms with E-state index in [0.717, 1.165) is 0 Å². The third kappa shape index (κ3) is 958. The van der Waals surface area contributed by atoms with Gasteiger partial charge in [-0.15, -0.1) is 0 Å². The second-order valence-corrected chi connectivity index (χ2v) is 1.19. The van der Waals surface area contributed by atoms with Gasteiger partial charge in [0, 0.05) is 35.6 Å². The Labute approximate surface area is 97.0 Å². The van der Waals surface area contributed by atoms with Crippen LogP contribution in [0.3, 0.4) is 0 Å². The SMILES string of the molecule is O.O.O.O.O.O.[La].[O-][Cl+3]([O-])([O-])O. The zero-order chi connectivity index (χ0) is 4.50. The first-order valence-corrected chi connectivity index (χ1v) is 1.90. The second-order valence-electron chi connectivity index (χ2n) is 0.396. The Morgan fingerprint density at radius 3 is 0.667 bits per heavy atom. The van der Waals surface area contributed by atoms with Gasteiger partial charge in [-0.05, 0) is 0 Å². The maximum Gasteiger partial charge on any atom is 0.0777 e. The molecule has 0 saturated carbocycles. The number of hydrogen-bond donors (Lipinski definition) is 1. The van der Waals surface area contributed by atoms with E-state index in [4.69, 9.17) is 18.6 Å². The second kappa shape index (κ2) is 29.6. The van der Waals surface area contributed by atoms with Crippen LogP contribution in [0.5, 0.6) is 0 Å². The van der Waals surface area contributed by atoms with Gasteiger partial charge in [-0.3, -0.25) is 0 Å². The predicted molar refractivity (Wildman–Crippen MR) is 23.9 cm³/mol. The van der Waals surface area contributed by atoms with Crippen molar-refractivity contribution < 1.29 is 97.3 Å². The van der Waals surface area contributed by atoms with E-state index in [1.54, 1.807) is 0 Å². The van der Waals surface area contributed by atoms with Gasteiger partial charge in [-0.25, -0.2) is 0 Å². The van der Waals surface area contributed by atoms with E-state index >= 15 is 0 Å². The van der Waals surface area contributed by atoms with Crippen LogP contribution < -0.4 is 14.0 Å². The average molecular weight is 347 g/mol. The number of hydrogen-bond acceptors (Lipinski definition) is 4. The van der Waals surface area contributed by atoms with Crippen molar-refractivity contribution in [2.45, 2.75) is 0 Å². The monoisotopic (exact) mass is 347 g/mol. The molecule has 0 heterocycles. The van der Waals surface area contributed by atoms with Crippen molar-refractivity contribution in [3.05, 3.63) is 0 Å². The molecule has 0 fully saturated rings. The summed E-state index contributed by atoms with van der Waals surface area (Å²) < 4.78 is 32.7. The maximum absolute atomic E-state index is 8.60. The molecule has 0 aromatic rings. The molecule has 1 radical (unpaired) electrons. The summed E-state index contributed by atoms with van der Waals surface area (Å²) >= 11 is 0. The normalized spacial score (nSPS) is 5.00. The Hall–Kier alpha value is 1.08. The molecule has 0 atom stereocenters. The van der Waals surface area contributed by atoms with Crippen molar-refractivity contribution in [2.75, 3.05) is 0 Å². The van der Waals surface area contributed by atoms with E-state index in [1.807, 2.05) is 0 Å². The molecule has 83 valence electrons. The van der Waals surface area contributed by atoms with Gasteiger partial charge in [0.25, 0.3) is 0 Å². The summed E-state index contributed by atoms with van der Waals surface area (Å²) in [4.78, 5) is 0. The van der Waals surface area contributed by atoms with Gasteiger partial charge >= 0.3 is 0 Å². The van der Waals surface area contributed by atoms with Gasteiger partial charge in [0.05, 0.1) is 14.9 Å². The fraction of sp³-hybridized carbons (Fsp3) is 0. The molecule has 0 spiro atoms. The summed E-state index contributed by atoms with van der Waals surface area (Å²) in [6.45, 7) is 0. The largest absolute Gasteiger partial charge is 0.412 e. The smallest absolute Gasteiger partial charge is 0.0777 e. The maximum atomic E-state index is 8.60. The van der Waals surface area contributed by atoms with Crippen molar-refractivity contribution in [1.29, 1.82) is 0 Å². The third-order valence-corrected chi connectivity index (χ3v) is 0. The molecule has 13 N–H and O–H groups in total. The van der Waals surface area contributed by atoms with Crippen molar-refractivity contribution >= 4 is 0 Å². The van der Waals surface area contributed by atoms with Crippen LogP contribution in [0, 0.1) is 45.8 Å². The first-order valence-electron chi connectivity index (χ1n) is 0.632. The summed E-state index contributed by atoms with van der Waals surface area (Å²) in [6, 6.07) is 0. The fourth-order valence-electron chi connectivity index (χ4n) is 0. The van der Waals surface area contributed by atoms with Gasteiger partial charge in [0.15, 0.2) is 0 Å². The van der Waals surface area contributed by atoms with Gasteiger partial charge in [-0.2, -0.15) is 14.0 Å². The van der Waals surface area contributed by atoms with Gasteiger partial charge in [-0.1, -0.05) is 0 Å². The van der Waals surface area contributed by atoms with Crippen LogP contribution in [-0.2, 0) is 0 Å². The Bertz CT molecular complexity index is 25.3. The van der Waals surface area contributed by atoms with Crippen LogP contribution >= 0.6 is 0 Å². The van der Waals surface area contributed by atoms with Gasteiger partial charge in [0.1, 0.15) is 0 Å². The Kier molecular flexibility index (Phi) is 182. The molecule has 0 aromatic heterocycles. The summed E-state index contributed by atoms with van der Waals surface area (Å²) in [5.74, 6) is 0. The molecular weight excluding hydrogens is 334 g/mol. The van der Waals surface area contributed by atoms with Crippen molar-refractivity contribution in [3.63, 3.8) is 0 Å². The van der Waals surface area contributed by atoms with E-state index in [0.29, 0.717) is 0 Å². The topological polar surface area (TPSA) is 278 Å². The van der Waals surface area contributed by atoms with Crippen LogP contribution in [0.1, 0.15) is 0 Å². The third-order valence-electron chi connectivity index (χ3n) is 0. The van der Waals surface area contributed by atoms with Gasteiger partial charge < -0.3 is 32.9 Å². The molecule has 0 amide bonds. The summed E-state index contributed by atoms with van der Waals surface area (Å²) in [5.41, 5.74) is 0. The number of halogens is 1. The van der Waals surface area contributed by atoms with Crippen molar-refractivity contribution in [3.8, 4) is 0 Å². The minimum Gasteiger partial charge on any atom is -0.412 e. The number of rotatable bonds is 0. The fourth-order valence-corrected chi connectivity index (χ4v) is 0. The molecule has 0 aliphatic rings. The van der Waals surface area contributed by atoms with Crippen LogP contribution in [0.4, 0.5) is 0 Å². The Balaban J connectivity index is -0.00000000381. The Morgan fingerprint density at radius 2 is 0.667 bits per heavy atom. The first kappa shape index (κ1) is 73.9. The van der Waals surface area contributed by atoms with E-state index < -0.39 is 10.2 Å². The minimum atomic E-state index is -4.69. The molecule has 12 heavy (non-hydrogen) atoms. The Morgan fingerprint density at radius 1 is 0.667 bits per heavy atom. The van der Waals surface area contributed by atoms with Crippen LogP contribution in [0.2, 0.25) is 0 Å². The molecule has 0 aliphatic carbocycles. The minimum absolute atomic E-state index is 0. The van der Waals surface area contributed by atoms with Gasteiger partial charge in [0.2, 0.25) is 0 Å². The first-order chi connectivity index (χ1) is 2.00. The van der Waals surface area contributed by atoms with E-state index in [1.165, 1.54) is 0 Å². The molecule has 0 bridgehead atoms. The molecule has 12 heteroatoms. The van der Waals surface area contributed by atoms with Crippen molar-refractivity contribution in [1.82, 2.24) is 0 Å². The summed E-state index contributed by atoms with van der Waals surface area (Å²) in [5, 5.41) is 0. The molecular formula is H13ClLaO10. The van der Waals surface area contributed by atoms with E-state index in [9.17, 15) is 0 Å². The average Bonchev–Trinajstić information content (AvgIpc) is 0.722. The molecule has 0 aliphatic heterocycles. The summed E-state index contributed by atoms with van der Waals surface area (Å²) in [6.07, 6.45) is 0. The molecule has 0 aromatic carbocycles. The quantitative estimate of drug-likeness (QED) is 0.446. The molecule has 0 unspecified atom stereocenters. The molecule has 0 rings (SSSR count). The van der Waals surface area contributed by atoms with E-state index in [2.05, 4.69) is 0 Å². The van der Waals surface area contributed by atoms with Crippen LogP contribution in [0.25, 0.3) is 0 Å². The predicted octanol–water partition coefficient (Wildman–Crippen LogP) is -9.07. The van der Waals surface area contributed by atoms with Crippen LogP contribution in [0.15, 0.2) is 0 Å².